The van der Waals surface area contributed by atoms with Crippen LogP contribution in [0.25, 0.3) is 0 Å². The molecule has 0 bridgehead atoms. The van der Waals surface area contributed by atoms with E-state index in [9.17, 15) is 9.59 Å². The van der Waals surface area contributed by atoms with Crippen LogP contribution in [-0.2, 0) is 28.5 Å². The molecule has 1 aliphatic rings. The summed E-state index contributed by atoms with van der Waals surface area (Å²) in [4.78, 5) is 24.2. The van der Waals surface area contributed by atoms with E-state index >= 15 is 0 Å². The molecule has 0 unspecified atom stereocenters. The highest BCUT2D eigenvalue weighted by molar-refractivity contribution is 8.01. The Morgan fingerprint density at radius 1 is 1.33 bits per heavy atom. The first kappa shape index (κ1) is 19.2. The van der Waals surface area contributed by atoms with Crippen LogP contribution in [0.4, 0.5) is 0 Å². The van der Waals surface area contributed by atoms with Gasteiger partial charge in [0.1, 0.15) is 5.78 Å². The zero-order valence-electron chi connectivity index (χ0n) is 15.8. The molecule has 5 heteroatoms. The average Bonchev–Trinajstić information content (AvgIpc) is 3.03. The fourth-order valence-corrected chi connectivity index (χ4v) is 4.03. The highest BCUT2D eigenvalue weighted by Gasteiger charge is 2.32. The topological polar surface area (TPSA) is 52.0 Å². The van der Waals surface area contributed by atoms with E-state index in [0.717, 1.165) is 23.6 Å². The van der Waals surface area contributed by atoms with E-state index in [1.165, 1.54) is 0 Å². The lowest BCUT2D eigenvalue weighted by Crippen LogP contribution is -2.31. The average molecular weight is 351 g/mol. The third-order valence-corrected chi connectivity index (χ3v) is 6.37. The van der Waals surface area contributed by atoms with Gasteiger partial charge in [-0.1, -0.05) is 20.8 Å². The first-order chi connectivity index (χ1) is 11.0. The Morgan fingerprint density at radius 2 is 2.00 bits per heavy atom. The smallest absolute Gasteiger partial charge is 0.154 e. The van der Waals surface area contributed by atoms with Gasteiger partial charge in [-0.05, 0) is 38.0 Å². The summed E-state index contributed by atoms with van der Waals surface area (Å²) in [5.41, 5.74) is 1.97. The molecule has 0 aromatic carbocycles. The molecule has 1 aromatic heterocycles. The second-order valence-corrected chi connectivity index (χ2v) is 10.1. The van der Waals surface area contributed by atoms with E-state index in [-0.39, 0.29) is 11.2 Å². The van der Waals surface area contributed by atoms with Crippen LogP contribution in [0.3, 0.4) is 0 Å². The number of ketones is 2. The number of hydrogen-bond acceptors (Lipinski definition) is 4. The molecule has 134 valence electrons. The summed E-state index contributed by atoms with van der Waals surface area (Å²) in [7, 11) is 1.90. The molecule has 2 rings (SSSR count). The van der Waals surface area contributed by atoms with Crippen LogP contribution in [-0.4, -0.2) is 31.8 Å². The largest absolute Gasteiger partial charge is 0.300 e. The van der Waals surface area contributed by atoms with Gasteiger partial charge in [0.15, 0.2) is 5.78 Å². The highest BCUT2D eigenvalue weighted by Crippen LogP contribution is 2.33. The molecule has 1 heterocycles. The first-order valence-electron chi connectivity index (χ1n) is 8.71. The van der Waals surface area contributed by atoms with Crippen molar-refractivity contribution in [1.29, 1.82) is 0 Å². The molecule has 0 N–H and O–H groups in total. The van der Waals surface area contributed by atoms with Crippen molar-refractivity contribution < 1.29 is 9.59 Å². The summed E-state index contributed by atoms with van der Waals surface area (Å²) in [6, 6.07) is 2.05. The number of Topliss-reactive ketones (excluding diaryl/α,β-unsaturated/α-hetero) is 2. The molecule has 1 aromatic rings. The minimum Gasteiger partial charge on any atom is -0.300 e. The Bertz CT molecular complexity index is 626. The lowest BCUT2D eigenvalue weighted by Gasteiger charge is -2.24. The van der Waals surface area contributed by atoms with Gasteiger partial charge in [0.25, 0.3) is 0 Å². The van der Waals surface area contributed by atoms with Crippen LogP contribution in [0.5, 0.6) is 0 Å². The quantitative estimate of drug-likeness (QED) is 0.785. The van der Waals surface area contributed by atoms with E-state index in [2.05, 4.69) is 25.9 Å². The lowest BCUT2D eigenvalue weighted by atomic mass is 9.92. The molecule has 1 saturated carbocycles. The predicted molar refractivity (Wildman–Crippen MR) is 99.5 cm³/mol. The van der Waals surface area contributed by atoms with Crippen molar-refractivity contribution in [1.82, 2.24) is 9.78 Å². The van der Waals surface area contributed by atoms with Crippen molar-refractivity contribution in [2.45, 2.75) is 70.5 Å². The second kappa shape index (κ2) is 7.03. The number of carbonyl (C=O) groups is 2. The van der Waals surface area contributed by atoms with Crippen molar-refractivity contribution in [2.24, 2.45) is 13.0 Å². The Hall–Kier alpha value is -1.10. The van der Waals surface area contributed by atoms with Gasteiger partial charge < -0.3 is 0 Å². The van der Waals surface area contributed by atoms with Crippen LogP contribution in [0.1, 0.15) is 65.3 Å². The molecular formula is C19H30N2O2S. The van der Waals surface area contributed by atoms with Gasteiger partial charge >= 0.3 is 0 Å². The summed E-state index contributed by atoms with van der Waals surface area (Å²) in [6.07, 6.45) is 2.79. The number of rotatable bonds is 6. The van der Waals surface area contributed by atoms with E-state index in [1.54, 1.807) is 11.8 Å². The summed E-state index contributed by atoms with van der Waals surface area (Å²) in [6.45, 7) is 10.4. The van der Waals surface area contributed by atoms with Crippen LogP contribution < -0.4 is 0 Å². The van der Waals surface area contributed by atoms with Crippen LogP contribution in [0.15, 0.2) is 6.07 Å². The van der Waals surface area contributed by atoms with Crippen LogP contribution in [0.2, 0.25) is 0 Å². The number of aryl methyl sites for hydroxylation is 1. The lowest BCUT2D eigenvalue weighted by molar-refractivity contribution is -0.120. The van der Waals surface area contributed by atoms with Gasteiger partial charge in [0, 0.05) is 37.4 Å². The summed E-state index contributed by atoms with van der Waals surface area (Å²) in [5.74, 6) is 1.93. The Balaban J connectivity index is 1.97. The molecule has 0 radical (unpaired) electrons. The second-order valence-electron chi connectivity index (χ2n) is 8.46. The van der Waals surface area contributed by atoms with Gasteiger partial charge in [-0.15, -0.1) is 11.8 Å². The number of hydrogen-bond donors (Lipinski definition) is 0. The predicted octanol–water partition coefficient (Wildman–Crippen LogP) is 3.71. The zero-order chi connectivity index (χ0) is 18.1. The molecule has 0 aliphatic heterocycles. The fraction of sp³-hybridized carbons (Fsp3) is 0.737. The molecular weight excluding hydrogens is 320 g/mol. The van der Waals surface area contributed by atoms with Crippen molar-refractivity contribution in [3.8, 4) is 0 Å². The van der Waals surface area contributed by atoms with E-state index in [4.69, 9.17) is 0 Å². The molecule has 0 saturated heterocycles. The van der Waals surface area contributed by atoms with Crippen molar-refractivity contribution in [3.05, 3.63) is 17.5 Å². The Labute approximate surface area is 149 Å². The zero-order valence-corrected chi connectivity index (χ0v) is 16.6. The molecule has 1 aliphatic carbocycles. The summed E-state index contributed by atoms with van der Waals surface area (Å²) < 4.78 is 1.40. The molecule has 1 fully saturated rings. The number of carbonyl (C=O) groups excluding carboxylic acids is 2. The number of thioether (sulfide) groups is 1. The van der Waals surface area contributed by atoms with Crippen LogP contribution >= 0.6 is 11.8 Å². The summed E-state index contributed by atoms with van der Waals surface area (Å²) >= 11 is 1.69. The van der Waals surface area contributed by atoms with Crippen molar-refractivity contribution in [3.63, 3.8) is 0 Å². The fourth-order valence-electron chi connectivity index (χ4n) is 2.86. The highest BCUT2D eigenvalue weighted by atomic mass is 32.2. The molecule has 24 heavy (non-hydrogen) atoms. The SMILES string of the molecule is Cn1nc(C(C)(C)C)cc1CC(=O)C(C)(C)SC[C@H]1CCC(=O)C1. The standard InChI is InChI=1S/C19H30N2O2S/c1-18(2,3)16-10-14(21(6)20-16)11-17(23)19(4,5)24-12-13-7-8-15(22)9-13/h10,13H,7-9,11-12H2,1-6H3/t13-/m0/s1. The van der Waals surface area contributed by atoms with Gasteiger partial charge in [0.05, 0.1) is 10.4 Å². The minimum atomic E-state index is -0.433. The third kappa shape index (κ3) is 4.71. The maximum absolute atomic E-state index is 12.8. The normalized spacial score (nSPS) is 19.1. The summed E-state index contributed by atoms with van der Waals surface area (Å²) in [5, 5.41) is 4.55. The minimum absolute atomic E-state index is 0.0155. The van der Waals surface area contributed by atoms with Crippen molar-refractivity contribution >= 4 is 23.3 Å². The van der Waals surface area contributed by atoms with E-state index in [0.29, 0.717) is 31.0 Å². The van der Waals surface area contributed by atoms with Gasteiger partial charge in [-0.2, -0.15) is 5.10 Å². The first-order valence-corrected chi connectivity index (χ1v) is 9.70. The molecule has 4 nitrogen and oxygen atoms in total. The Morgan fingerprint density at radius 3 is 2.50 bits per heavy atom. The number of nitrogens with zero attached hydrogens (tertiary/aromatic N) is 2. The van der Waals surface area contributed by atoms with Gasteiger partial charge in [-0.25, -0.2) is 0 Å². The molecule has 0 spiro atoms. The van der Waals surface area contributed by atoms with Gasteiger partial charge in [0.2, 0.25) is 0 Å². The van der Waals surface area contributed by atoms with E-state index in [1.807, 2.05) is 31.6 Å². The number of aromatic nitrogens is 2. The maximum atomic E-state index is 12.8. The van der Waals surface area contributed by atoms with Crippen molar-refractivity contribution in [2.75, 3.05) is 5.75 Å². The molecule has 1 atom stereocenters. The van der Waals surface area contributed by atoms with Crippen LogP contribution in [0, 0.1) is 5.92 Å². The molecule has 0 amide bonds. The van der Waals surface area contributed by atoms with E-state index < -0.39 is 4.75 Å². The maximum Gasteiger partial charge on any atom is 0.154 e. The Kier molecular flexibility index (Phi) is 5.63. The monoisotopic (exact) mass is 350 g/mol. The van der Waals surface area contributed by atoms with Gasteiger partial charge in [-0.3, -0.25) is 14.3 Å². The third-order valence-electron chi connectivity index (χ3n) is 4.79.